The monoisotopic (exact) mass is 253 g/mol. The van der Waals surface area contributed by atoms with Gasteiger partial charge >= 0.3 is 6.01 Å². The summed E-state index contributed by atoms with van der Waals surface area (Å²) >= 11 is 0. The van der Waals surface area contributed by atoms with Gasteiger partial charge in [-0.25, -0.2) is 0 Å². The summed E-state index contributed by atoms with van der Waals surface area (Å²) in [6, 6.07) is 17.0. The van der Waals surface area contributed by atoms with E-state index in [9.17, 15) is 0 Å². The van der Waals surface area contributed by atoms with E-state index in [1.807, 2.05) is 54.6 Å². The minimum absolute atomic E-state index is 0.0457. The number of anilines is 1. The Morgan fingerprint density at radius 2 is 1.68 bits per heavy atom. The lowest BCUT2D eigenvalue weighted by atomic mass is 10.2. The first-order valence-electron chi connectivity index (χ1n) is 5.73. The van der Waals surface area contributed by atoms with Crippen LogP contribution in [0.3, 0.4) is 0 Å². The van der Waals surface area contributed by atoms with E-state index in [0.29, 0.717) is 11.6 Å². The zero-order valence-corrected chi connectivity index (χ0v) is 9.98. The third-order valence-corrected chi connectivity index (χ3v) is 2.50. The van der Waals surface area contributed by atoms with Crippen LogP contribution in [-0.4, -0.2) is 10.2 Å². The first kappa shape index (κ1) is 11.3. The third-order valence-electron chi connectivity index (χ3n) is 2.50. The molecule has 0 bridgehead atoms. The van der Waals surface area contributed by atoms with E-state index in [0.717, 1.165) is 11.3 Å². The lowest BCUT2D eigenvalue weighted by molar-refractivity contribution is 0.482. The van der Waals surface area contributed by atoms with E-state index in [1.54, 1.807) is 0 Å². The van der Waals surface area contributed by atoms with Crippen LogP contribution in [0.4, 0.5) is 6.01 Å². The Balaban J connectivity index is 1.88. The molecule has 0 unspecified atom stereocenters. The molecule has 0 spiro atoms. The van der Waals surface area contributed by atoms with Gasteiger partial charge in [0, 0.05) is 5.56 Å². The van der Waals surface area contributed by atoms with Crippen LogP contribution in [-0.2, 0) is 0 Å². The van der Waals surface area contributed by atoms with Crippen LogP contribution in [0.25, 0.3) is 11.5 Å². The van der Waals surface area contributed by atoms with E-state index in [1.165, 1.54) is 0 Å². The molecule has 5 heteroatoms. The van der Waals surface area contributed by atoms with Crippen molar-refractivity contribution in [2.24, 2.45) is 0 Å². The van der Waals surface area contributed by atoms with Gasteiger partial charge in [-0.15, -0.1) is 5.10 Å². The second-order valence-corrected chi connectivity index (χ2v) is 3.89. The molecule has 0 aliphatic carbocycles. The van der Waals surface area contributed by atoms with Crippen molar-refractivity contribution >= 4 is 6.01 Å². The van der Waals surface area contributed by atoms with Crippen LogP contribution in [0.5, 0.6) is 11.5 Å². The van der Waals surface area contributed by atoms with Crippen molar-refractivity contribution in [1.82, 2.24) is 10.2 Å². The summed E-state index contributed by atoms with van der Waals surface area (Å²) in [6.45, 7) is 0. The number of nitrogen functional groups attached to an aromatic ring is 1. The number of hydrogen-bond donors (Lipinski definition) is 1. The Kier molecular flexibility index (Phi) is 2.86. The molecule has 3 aromatic rings. The highest BCUT2D eigenvalue weighted by atomic mass is 16.5. The van der Waals surface area contributed by atoms with E-state index in [4.69, 9.17) is 14.9 Å². The molecule has 3 rings (SSSR count). The highest BCUT2D eigenvalue weighted by Crippen LogP contribution is 2.26. The number of nitrogens with two attached hydrogens (primary N) is 1. The smallest absolute Gasteiger partial charge is 0.313 e. The van der Waals surface area contributed by atoms with Crippen molar-refractivity contribution in [3.8, 4) is 23.0 Å². The molecule has 1 aromatic heterocycles. The number of benzene rings is 2. The fourth-order valence-electron chi connectivity index (χ4n) is 1.67. The molecule has 5 nitrogen and oxygen atoms in total. The van der Waals surface area contributed by atoms with E-state index in [-0.39, 0.29) is 6.01 Å². The second-order valence-electron chi connectivity index (χ2n) is 3.89. The van der Waals surface area contributed by atoms with Crippen LogP contribution in [0.2, 0.25) is 0 Å². The molecule has 2 N–H and O–H groups in total. The average molecular weight is 253 g/mol. The molecule has 0 radical (unpaired) electrons. The van der Waals surface area contributed by atoms with Gasteiger partial charge in [0.15, 0.2) is 0 Å². The molecule has 0 atom stereocenters. The SMILES string of the molecule is Nc1nnc(-c2cccc(Oc3ccccc3)c2)o1. The minimum atomic E-state index is 0.0457. The lowest BCUT2D eigenvalue weighted by Gasteiger charge is -2.05. The van der Waals surface area contributed by atoms with Gasteiger partial charge in [0.25, 0.3) is 0 Å². The Morgan fingerprint density at radius 1 is 0.895 bits per heavy atom. The molecule has 0 aliphatic rings. The normalized spacial score (nSPS) is 10.3. The standard InChI is InChI=1S/C14H11N3O2/c15-14-17-16-13(19-14)10-5-4-8-12(9-10)18-11-6-2-1-3-7-11/h1-9H,(H2,15,17). The second kappa shape index (κ2) is 4.81. The van der Waals surface area contributed by atoms with Crippen LogP contribution >= 0.6 is 0 Å². The Hall–Kier alpha value is -2.82. The van der Waals surface area contributed by atoms with Gasteiger partial charge in [-0.2, -0.15) is 0 Å². The lowest BCUT2D eigenvalue weighted by Crippen LogP contribution is -1.85. The minimum Gasteiger partial charge on any atom is -0.457 e. The summed E-state index contributed by atoms with van der Waals surface area (Å²) in [5, 5.41) is 7.46. The van der Waals surface area contributed by atoms with Crippen molar-refractivity contribution < 1.29 is 9.15 Å². The zero-order chi connectivity index (χ0) is 13.1. The molecule has 0 aliphatic heterocycles. The molecule has 0 amide bonds. The first-order valence-corrected chi connectivity index (χ1v) is 5.73. The largest absolute Gasteiger partial charge is 0.457 e. The van der Waals surface area contributed by atoms with Gasteiger partial charge in [0.1, 0.15) is 11.5 Å². The Bertz CT molecular complexity index is 680. The molecule has 0 fully saturated rings. The topological polar surface area (TPSA) is 74.2 Å². The van der Waals surface area contributed by atoms with E-state index in [2.05, 4.69) is 10.2 Å². The molecule has 19 heavy (non-hydrogen) atoms. The predicted octanol–water partition coefficient (Wildman–Crippen LogP) is 3.11. The van der Waals surface area contributed by atoms with Gasteiger partial charge in [-0.3, -0.25) is 0 Å². The first-order chi connectivity index (χ1) is 9.31. The van der Waals surface area contributed by atoms with Crippen molar-refractivity contribution in [3.05, 3.63) is 54.6 Å². The summed E-state index contributed by atoms with van der Waals surface area (Å²) < 4.78 is 10.9. The number of ether oxygens (including phenoxy) is 1. The molecule has 0 saturated heterocycles. The van der Waals surface area contributed by atoms with Crippen molar-refractivity contribution in [2.45, 2.75) is 0 Å². The Morgan fingerprint density at radius 3 is 2.42 bits per heavy atom. The van der Waals surface area contributed by atoms with Crippen molar-refractivity contribution in [3.63, 3.8) is 0 Å². The van der Waals surface area contributed by atoms with Gasteiger partial charge < -0.3 is 14.9 Å². The van der Waals surface area contributed by atoms with Crippen LogP contribution in [0, 0.1) is 0 Å². The maximum absolute atomic E-state index is 5.73. The van der Waals surface area contributed by atoms with Gasteiger partial charge in [0.05, 0.1) is 0 Å². The molecule has 2 aromatic carbocycles. The van der Waals surface area contributed by atoms with E-state index < -0.39 is 0 Å². The number of aromatic nitrogens is 2. The van der Waals surface area contributed by atoms with E-state index >= 15 is 0 Å². The molecule has 0 saturated carbocycles. The highest BCUT2D eigenvalue weighted by Gasteiger charge is 2.07. The fraction of sp³-hybridized carbons (Fsp3) is 0. The zero-order valence-electron chi connectivity index (χ0n) is 9.98. The number of para-hydroxylation sites is 1. The van der Waals surface area contributed by atoms with Crippen LogP contribution in [0.1, 0.15) is 0 Å². The maximum Gasteiger partial charge on any atom is 0.313 e. The van der Waals surface area contributed by atoms with Crippen molar-refractivity contribution in [1.29, 1.82) is 0 Å². The molecular weight excluding hydrogens is 242 g/mol. The van der Waals surface area contributed by atoms with Crippen molar-refractivity contribution in [2.75, 3.05) is 5.73 Å². The van der Waals surface area contributed by atoms with Crippen LogP contribution < -0.4 is 10.5 Å². The maximum atomic E-state index is 5.73. The number of hydrogen-bond acceptors (Lipinski definition) is 5. The van der Waals surface area contributed by atoms with Gasteiger partial charge in [0.2, 0.25) is 5.89 Å². The van der Waals surface area contributed by atoms with Gasteiger partial charge in [-0.05, 0) is 30.3 Å². The number of rotatable bonds is 3. The Labute approximate surface area is 109 Å². The molecule has 1 heterocycles. The average Bonchev–Trinajstić information content (AvgIpc) is 2.87. The highest BCUT2D eigenvalue weighted by molar-refractivity contribution is 5.56. The predicted molar refractivity (Wildman–Crippen MR) is 70.7 cm³/mol. The quantitative estimate of drug-likeness (QED) is 0.776. The van der Waals surface area contributed by atoms with Gasteiger partial charge in [-0.1, -0.05) is 29.4 Å². The summed E-state index contributed by atoms with van der Waals surface area (Å²) in [7, 11) is 0. The third kappa shape index (κ3) is 2.55. The van der Waals surface area contributed by atoms with Crippen LogP contribution in [0.15, 0.2) is 59.0 Å². The number of nitrogens with zero attached hydrogens (tertiary/aromatic N) is 2. The molecular formula is C14H11N3O2. The molecule has 94 valence electrons. The summed E-state index contributed by atoms with van der Waals surface area (Å²) in [5.41, 5.74) is 6.17. The summed E-state index contributed by atoms with van der Waals surface area (Å²) in [4.78, 5) is 0. The summed E-state index contributed by atoms with van der Waals surface area (Å²) in [5.74, 6) is 1.83. The fourth-order valence-corrected chi connectivity index (χ4v) is 1.67. The summed E-state index contributed by atoms with van der Waals surface area (Å²) in [6.07, 6.45) is 0.